The normalized spacial score (nSPS) is 15.2. The van der Waals surface area contributed by atoms with Crippen LogP contribution in [-0.4, -0.2) is 23.4 Å². The van der Waals surface area contributed by atoms with Gasteiger partial charge in [0, 0.05) is 23.5 Å². The quantitative estimate of drug-likeness (QED) is 0.870. The molecule has 0 aliphatic rings. The second kappa shape index (κ2) is 5.04. The summed E-state index contributed by atoms with van der Waals surface area (Å²) in [6.07, 6.45) is -11.4. The molecule has 0 fully saturated rings. The summed E-state index contributed by atoms with van der Waals surface area (Å²) in [5, 5.41) is 1.71. The Labute approximate surface area is 103 Å². The van der Waals surface area contributed by atoms with Gasteiger partial charge in [-0.1, -0.05) is 0 Å². The Morgan fingerprint density at radius 1 is 1.22 bits per heavy atom. The number of aryl methyl sites for hydroxylation is 1. The van der Waals surface area contributed by atoms with Crippen LogP contribution in [0.1, 0.15) is 10.7 Å². The number of hydrogen-bond donors (Lipinski definition) is 1. The van der Waals surface area contributed by atoms with Crippen molar-refractivity contribution in [3.63, 3.8) is 0 Å². The van der Waals surface area contributed by atoms with Gasteiger partial charge >= 0.3 is 12.4 Å². The van der Waals surface area contributed by atoms with Crippen LogP contribution in [-0.2, 0) is 6.42 Å². The number of nitrogens with two attached hydrogens (primary N) is 1. The highest BCUT2D eigenvalue weighted by molar-refractivity contribution is 7.09. The summed E-state index contributed by atoms with van der Waals surface area (Å²) >= 11 is 0.991. The number of rotatable bonds is 3. The third-order valence-corrected chi connectivity index (χ3v) is 3.20. The molecule has 2 nitrogen and oxygen atoms in total. The van der Waals surface area contributed by atoms with E-state index >= 15 is 0 Å². The van der Waals surface area contributed by atoms with E-state index in [9.17, 15) is 26.3 Å². The average Bonchev–Trinajstić information content (AvgIpc) is 2.44. The first kappa shape index (κ1) is 15.2. The molecular formula is C9H10F6N2S. The maximum Gasteiger partial charge on any atom is 0.402 e. The maximum atomic E-state index is 12.4. The van der Waals surface area contributed by atoms with Gasteiger partial charge in [-0.3, -0.25) is 0 Å². The van der Waals surface area contributed by atoms with E-state index in [1.165, 1.54) is 5.38 Å². The Morgan fingerprint density at radius 3 is 2.06 bits per heavy atom. The molecule has 0 spiro atoms. The number of hydrogen-bond acceptors (Lipinski definition) is 3. The number of halogens is 6. The molecule has 9 heteroatoms. The molecule has 0 bridgehead atoms. The van der Waals surface area contributed by atoms with Crippen molar-refractivity contribution in [1.29, 1.82) is 0 Å². The molecule has 0 saturated heterocycles. The molecule has 1 atom stereocenters. The molecule has 1 aromatic rings. The van der Waals surface area contributed by atoms with Crippen LogP contribution >= 0.6 is 11.3 Å². The molecule has 1 aromatic heterocycles. The van der Waals surface area contributed by atoms with Gasteiger partial charge in [0.15, 0.2) is 5.92 Å². The van der Waals surface area contributed by atoms with Gasteiger partial charge in [-0.2, -0.15) is 26.3 Å². The Hall–Kier alpha value is -0.830. The molecule has 0 saturated carbocycles. The highest BCUT2D eigenvalue weighted by Crippen LogP contribution is 2.41. The van der Waals surface area contributed by atoms with Crippen LogP contribution in [0.2, 0.25) is 0 Å². The van der Waals surface area contributed by atoms with Crippen molar-refractivity contribution in [3.05, 3.63) is 16.1 Å². The molecule has 2 N–H and O–H groups in total. The third-order valence-electron chi connectivity index (χ3n) is 2.21. The Balaban J connectivity index is 2.87. The Kier molecular flexibility index (Phi) is 4.26. The van der Waals surface area contributed by atoms with E-state index in [1.54, 1.807) is 6.92 Å². The molecule has 104 valence electrons. The number of aromatic nitrogens is 1. The lowest BCUT2D eigenvalue weighted by Crippen LogP contribution is -2.49. The molecule has 0 aromatic carbocycles. The number of nitrogens with zero attached hydrogens (tertiary/aromatic N) is 1. The number of alkyl halides is 6. The van der Waals surface area contributed by atoms with Crippen molar-refractivity contribution in [2.75, 3.05) is 0 Å². The van der Waals surface area contributed by atoms with Crippen LogP contribution in [0.25, 0.3) is 0 Å². The molecule has 0 amide bonds. The van der Waals surface area contributed by atoms with Crippen molar-refractivity contribution in [1.82, 2.24) is 4.98 Å². The fourth-order valence-electron chi connectivity index (χ4n) is 1.49. The molecule has 1 rings (SSSR count). The average molecular weight is 292 g/mol. The minimum atomic E-state index is -5.41. The number of thiazole rings is 1. The van der Waals surface area contributed by atoms with Crippen LogP contribution in [0.3, 0.4) is 0 Å². The van der Waals surface area contributed by atoms with Crippen LogP contribution in [0.5, 0.6) is 0 Å². The lowest BCUT2D eigenvalue weighted by Gasteiger charge is -2.27. The van der Waals surface area contributed by atoms with E-state index in [-0.39, 0.29) is 5.01 Å². The second-order valence-corrected chi connectivity index (χ2v) is 4.75. The molecule has 0 aliphatic carbocycles. The lowest BCUT2D eigenvalue weighted by molar-refractivity contribution is -0.289. The fraction of sp³-hybridized carbons (Fsp3) is 0.667. The zero-order valence-electron chi connectivity index (χ0n) is 9.14. The van der Waals surface area contributed by atoms with Crippen molar-refractivity contribution in [3.8, 4) is 0 Å². The summed E-state index contributed by atoms with van der Waals surface area (Å²) in [5.74, 6) is -3.53. The van der Waals surface area contributed by atoms with Gasteiger partial charge < -0.3 is 5.73 Å². The Morgan fingerprint density at radius 2 is 1.72 bits per heavy atom. The predicted octanol–water partition coefficient (Wildman–Crippen LogP) is 3.06. The topological polar surface area (TPSA) is 38.9 Å². The fourth-order valence-corrected chi connectivity index (χ4v) is 2.33. The molecule has 0 radical (unpaired) electrons. The van der Waals surface area contributed by atoms with E-state index in [4.69, 9.17) is 5.73 Å². The van der Waals surface area contributed by atoms with Crippen molar-refractivity contribution in [2.45, 2.75) is 31.7 Å². The summed E-state index contributed by atoms with van der Waals surface area (Å²) in [5.41, 5.74) is 5.60. The van der Waals surface area contributed by atoms with E-state index < -0.39 is 30.7 Å². The van der Waals surface area contributed by atoms with E-state index in [1.807, 2.05) is 0 Å². The predicted molar refractivity (Wildman–Crippen MR) is 54.1 cm³/mol. The van der Waals surface area contributed by atoms with Gasteiger partial charge in [-0.05, 0) is 6.92 Å². The molecule has 1 heterocycles. The van der Waals surface area contributed by atoms with Gasteiger partial charge in [0.25, 0.3) is 0 Å². The largest absolute Gasteiger partial charge is 0.402 e. The van der Waals surface area contributed by atoms with Gasteiger partial charge in [0.2, 0.25) is 0 Å². The summed E-state index contributed by atoms with van der Waals surface area (Å²) in [7, 11) is 0. The Bertz CT molecular complexity index is 382. The molecule has 0 aliphatic heterocycles. The first-order chi connectivity index (χ1) is 8.01. The van der Waals surface area contributed by atoms with Gasteiger partial charge in [-0.25, -0.2) is 4.98 Å². The van der Waals surface area contributed by atoms with Gasteiger partial charge in [0.05, 0.1) is 5.01 Å². The minimum absolute atomic E-state index is 0.165. The lowest BCUT2D eigenvalue weighted by atomic mass is 9.96. The second-order valence-electron chi connectivity index (χ2n) is 3.81. The van der Waals surface area contributed by atoms with Crippen LogP contribution in [0.15, 0.2) is 5.38 Å². The highest BCUT2D eigenvalue weighted by Gasteiger charge is 2.59. The van der Waals surface area contributed by atoms with Crippen molar-refractivity contribution >= 4 is 11.3 Å². The van der Waals surface area contributed by atoms with Crippen molar-refractivity contribution in [2.24, 2.45) is 11.7 Å². The molecule has 1 unspecified atom stereocenters. The molecular weight excluding hydrogens is 282 g/mol. The zero-order valence-corrected chi connectivity index (χ0v) is 9.96. The monoisotopic (exact) mass is 292 g/mol. The minimum Gasteiger partial charge on any atom is -0.326 e. The smallest absolute Gasteiger partial charge is 0.326 e. The van der Waals surface area contributed by atoms with Crippen LogP contribution in [0.4, 0.5) is 26.3 Å². The van der Waals surface area contributed by atoms with E-state index in [0.29, 0.717) is 5.69 Å². The summed E-state index contributed by atoms with van der Waals surface area (Å²) in [6.45, 7) is 1.59. The van der Waals surface area contributed by atoms with Crippen LogP contribution < -0.4 is 5.73 Å². The van der Waals surface area contributed by atoms with Crippen LogP contribution in [0, 0.1) is 12.8 Å². The SMILES string of the molecule is Cc1csc(CC(N)C(C(F)(F)F)C(F)(F)F)n1. The van der Waals surface area contributed by atoms with Gasteiger partial charge in [-0.15, -0.1) is 11.3 Å². The highest BCUT2D eigenvalue weighted by atomic mass is 32.1. The first-order valence-electron chi connectivity index (χ1n) is 4.82. The van der Waals surface area contributed by atoms with E-state index in [2.05, 4.69) is 4.98 Å². The maximum absolute atomic E-state index is 12.4. The zero-order chi connectivity index (χ0) is 14.1. The van der Waals surface area contributed by atoms with E-state index in [0.717, 1.165) is 11.3 Å². The van der Waals surface area contributed by atoms with Crippen molar-refractivity contribution < 1.29 is 26.3 Å². The molecule has 18 heavy (non-hydrogen) atoms. The first-order valence-corrected chi connectivity index (χ1v) is 5.70. The van der Waals surface area contributed by atoms with Gasteiger partial charge in [0.1, 0.15) is 0 Å². The summed E-state index contributed by atoms with van der Waals surface area (Å²) < 4.78 is 74.1. The summed E-state index contributed by atoms with van der Waals surface area (Å²) in [6, 6.07) is -2.09. The summed E-state index contributed by atoms with van der Waals surface area (Å²) in [4.78, 5) is 3.80. The third kappa shape index (κ3) is 3.84. The standard InChI is InChI=1S/C9H10F6N2S/c1-4-3-18-6(17-4)2-5(16)7(8(10,11)12)9(13,14)15/h3,5,7H,2,16H2,1H3.